The van der Waals surface area contributed by atoms with E-state index in [0.717, 1.165) is 0 Å². The average Bonchev–Trinajstić information content (AvgIpc) is 3.26. The van der Waals surface area contributed by atoms with Crippen LogP contribution in [0.15, 0.2) is 35.5 Å². The first-order valence-corrected chi connectivity index (χ1v) is 12.5. The van der Waals surface area contributed by atoms with E-state index in [1.165, 1.54) is 22.6 Å². The predicted molar refractivity (Wildman–Crippen MR) is 121 cm³/mol. The number of nitrogens with one attached hydrogen (secondary N) is 1. The summed E-state index contributed by atoms with van der Waals surface area (Å²) in [6, 6.07) is 4.29. The summed E-state index contributed by atoms with van der Waals surface area (Å²) in [7, 11) is -2.08. The number of carbonyl (C=O) groups is 2. The number of sulfonamides is 1. The first-order valence-electron chi connectivity index (χ1n) is 10.7. The Bertz CT molecular complexity index is 1140. The van der Waals surface area contributed by atoms with Crippen molar-refractivity contribution in [1.29, 1.82) is 0 Å². The fourth-order valence-electron chi connectivity index (χ4n) is 3.98. The molecular weight excluding hydrogens is 470 g/mol. The lowest BCUT2D eigenvalue weighted by atomic mass is 10.0. The second kappa shape index (κ2) is 9.80. The second-order valence-corrected chi connectivity index (χ2v) is 10.4. The van der Waals surface area contributed by atoms with E-state index in [4.69, 9.17) is 16.3 Å². The lowest BCUT2D eigenvalue weighted by Gasteiger charge is -2.32. The summed E-state index contributed by atoms with van der Waals surface area (Å²) in [5.41, 5.74) is 0.759. The van der Waals surface area contributed by atoms with Crippen LogP contribution in [0.1, 0.15) is 33.6 Å². The molecule has 2 aliphatic rings. The van der Waals surface area contributed by atoms with Crippen molar-refractivity contribution < 1.29 is 22.7 Å². The van der Waals surface area contributed by atoms with E-state index in [2.05, 4.69) is 10.4 Å². The van der Waals surface area contributed by atoms with E-state index in [0.29, 0.717) is 44.7 Å². The Kier molecular flexibility index (Phi) is 7.03. The Balaban J connectivity index is 1.40. The van der Waals surface area contributed by atoms with Crippen LogP contribution < -0.4 is 5.32 Å². The summed E-state index contributed by atoms with van der Waals surface area (Å²) >= 11 is 6.20. The standard InChI is InChI=1S/C21H26ClN5O5S/c1-25-14-16(13-23-25)20(28)24-17-4-6-26(7-5-17)21(29)15-2-3-18(22)19(12-15)33(30,31)27-8-10-32-11-9-27/h2-3,12-14,17H,4-11H2,1H3,(H,24,28). The van der Waals surface area contributed by atoms with Gasteiger partial charge in [-0.25, -0.2) is 8.42 Å². The summed E-state index contributed by atoms with van der Waals surface area (Å²) < 4.78 is 34.2. The van der Waals surface area contributed by atoms with E-state index in [-0.39, 0.29) is 46.4 Å². The van der Waals surface area contributed by atoms with Crippen LogP contribution in [0.25, 0.3) is 0 Å². The monoisotopic (exact) mass is 495 g/mol. The number of carbonyl (C=O) groups excluding carboxylic acids is 2. The fraction of sp³-hybridized carbons (Fsp3) is 0.476. The number of amides is 2. The van der Waals surface area contributed by atoms with Gasteiger partial charge in [-0.1, -0.05) is 11.6 Å². The molecule has 0 aliphatic carbocycles. The number of piperidine rings is 1. The highest BCUT2D eigenvalue weighted by atomic mass is 35.5. The Morgan fingerprint density at radius 1 is 1.12 bits per heavy atom. The average molecular weight is 496 g/mol. The maximum absolute atomic E-state index is 13.1. The first-order chi connectivity index (χ1) is 15.8. The number of aromatic nitrogens is 2. The summed E-state index contributed by atoms with van der Waals surface area (Å²) in [4.78, 5) is 27.0. The number of nitrogens with zero attached hydrogens (tertiary/aromatic N) is 4. The molecule has 3 heterocycles. The van der Waals surface area contributed by atoms with E-state index in [9.17, 15) is 18.0 Å². The number of rotatable bonds is 5. The molecule has 2 aliphatic heterocycles. The molecule has 33 heavy (non-hydrogen) atoms. The minimum absolute atomic E-state index is 0.0516. The number of aryl methyl sites for hydroxylation is 1. The lowest BCUT2D eigenvalue weighted by molar-refractivity contribution is 0.0697. The van der Waals surface area contributed by atoms with Crippen molar-refractivity contribution >= 4 is 33.4 Å². The van der Waals surface area contributed by atoms with Gasteiger partial charge in [0, 0.05) is 51.0 Å². The summed E-state index contributed by atoms with van der Waals surface area (Å²) in [6.07, 6.45) is 4.36. The van der Waals surface area contributed by atoms with Crippen molar-refractivity contribution in [2.45, 2.75) is 23.8 Å². The van der Waals surface area contributed by atoms with Crippen molar-refractivity contribution in [2.75, 3.05) is 39.4 Å². The first kappa shape index (κ1) is 23.7. The molecule has 12 heteroatoms. The number of ether oxygens (including phenoxy) is 1. The highest BCUT2D eigenvalue weighted by Gasteiger charge is 2.30. The van der Waals surface area contributed by atoms with Gasteiger partial charge in [-0.15, -0.1) is 0 Å². The van der Waals surface area contributed by atoms with Gasteiger partial charge < -0.3 is 15.0 Å². The van der Waals surface area contributed by atoms with Gasteiger partial charge in [-0.2, -0.15) is 9.40 Å². The molecule has 1 aromatic carbocycles. The third-order valence-electron chi connectivity index (χ3n) is 5.85. The van der Waals surface area contributed by atoms with Crippen LogP contribution in [0, 0.1) is 0 Å². The number of benzene rings is 1. The Labute approximate surface area is 197 Å². The zero-order valence-electron chi connectivity index (χ0n) is 18.2. The van der Waals surface area contributed by atoms with Crippen LogP contribution in [0.4, 0.5) is 0 Å². The van der Waals surface area contributed by atoms with Crippen molar-refractivity contribution in [3.63, 3.8) is 0 Å². The molecule has 10 nitrogen and oxygen atoms in total. The molecule has 0 spiro atoms. The topological polar surface area (TPSA) is 114 Å². The second-order valence-electron chi connectivity index (χ2n) is 8.10. The van der Waals surface area contributed by atoms with Crippen LogP contribution >= 0.6 is 11.6 Å². The predicted octanol–water partition coefficient (Wildman–Crippen LogP) is 1.13. The molecule has 0 saturated carbocycles. The van der Waals surface area contributed by atoms with Gasteiger partial charge in [0.2, 0.25) is 10.0 Å². The third-order valence-corrected chi connectivity index (χ3v) is 8.23. The van der Waals surface area contributed by atoms with Gasteiger partial charge in [0.25, 0.3) is 11.8 Å². The van der Waals surface area contributed by atoms with Gasteiger partial charge in [0.15, 0.2) is 0 Å². The van der Waals surface area contributed by atoms with Gasteiger partial charge in [0.1, 0.15) is 4.90 Å². The van der Waals surface area contributed by atoms with Crippen molar-refractivity contribution in [2.24, 2.45) is 7.05 Å². The van der Waals surface area contributed by atoms with E-state index < -0.39 is 10.0 Å². The van der Waals surface area contributed by atoms with Gasteiger partial charge in [0.05, 0.1) is 30.0 Å². The largest absolute Gasteiger partial charge is 0.379 e. The van der Waals surface area contributed by atoms with Crippen LogP contribution in [-0.4, -0.2) is 84.7 Å². The van der Waals surface area contributed by atoms with Crippen molar-refractivity contribution in [1.82, 2.24) is 24.3 Å². The van der Waals surface area contributed by atoms with Crippen molar-refractivity contribution in [3.05, 3.63) is 46.7 Å². The lowest BCUT2D eigenvalue weighted by Crippen LogP contribution is -2.46. The molecule has 2 aromatic rings. The molecule has 0 bridgehead atoms. The van der Waals surface area contributed by atoms with E-state index in [1.54, 1.807) is 28.9 Å². The molecule has 4 rings (SSSR count). The zero-order chi connectivity index (χ0) is 23.6. The summed E-state index contributed by atoms with van der Waals surface area (Å²) in [5, 5.41) is 7.06. The molecule has 0 unspecified atom stereocenters. The Hall–Kier alpha value is -2.47. The number of halogens is 1. The smallest absolute Gasteiger partial charge is 0.254 e. The Morgan fingerprint density at radius 3 is 2.45 bits per heavy atom. The zero-order valence-corrected chi connectivity index (χ0v) is 19.8. The number of morpholine rings is 1. The Morgan fingerprint density at radius 2 is 1.82 bits per heavy atom. The maximum atomic E-state index is 13.1. The molecule has 1 aromatic heterocycles. The molecule has 2 amide bonds. The third kappa shape index (κ3) is 5.21. The normalized spacial score (nSPS) is 18.3. The number of hydrogen-bond donors (Lipinski definition) is 1. The molecule has 178 valence electrons. The molecule has 2 fully saturated rings. The molecule has 2 saturated heterocycles. The van der Waals surface area contributed by atoms with Crippen LogP contribution in [0.2, 0.25) is 5.02 Å². The van der Waals surface area contributed by atoms with Gasteiger partial charge in [-0.3, -0.25) is 14.3 Å². The summed E-state index contributed by atoms with van der Waals surface area (Å²) in [6.45, 7) is 2.03. The van der Waals surface area contributed by atoms with E-state index in [1.807, 2.05) is 0 Å². The quantitative estimate of drug-likeness (QED) is 0.665. The number of likely N-dealkylation sites (tertiary alicyclic amines) is 1. The van der Waals surface area contributed by atoms with Crippen LogP contribution in [0.5, 0.6) is 0 Å². The van der Waals surface area contributed by atoms with E-state index >= 15 is 0 Å². The van der Waals surface area contributed by atoms with Crippen molar-refractivity contribution in [3.8, 4) is 0 Å². The summed E-state index contributed by atoms with van der Waals surface area (Å²) in [5.74, 6) is -0.453. The number of hydrogen-bond acceptors (Lipinski definition) is 6. The van der Waals surface area contributed by atoms with Gasteiger partial charge in [-0.05, 0) is 31.0 Å². The highest BCUT2D eigenvalue weighted by molar-refractivity contribution is 7.89. The molecular formula is C21H26ClN5O5S. The molecule has 1 N–H and O–H groups in total. The molecule has 0 atom stereocenters. The SMILES string of the molecule is Cn1cc(C(=O)NC2CCN(C(=O)c3ccc(Cl)c(S(=O)(=O)N4CCOCC4)c3)CC2)cn1. The minimum atomic E-state index is -3.83. The van der Waals surface area contributed by atoms with Crippen LogP contribution in [0.3, 0.4) is 0 Å². The highest BCUT2D eigenvalue weighted by Crippen LogP contribution is 2.27. The molecule has 0 radical (unpaired) electrons. The minimum Gasteiger partial charge on any atom is -0.379 e. The fourth-order valence-corrected chi connectivity index (χ4v) is 5.89. The van der Waals surface area contributed by atoms with Crippen LogP contribution in [-0.2, 0) is 21.8 Å². The maximum Gasteiger partial charge on any atom is 0.254 e. The van der Waals surface area contributed by atoms with Gasteiger partial charge >= 0.3 is 0 Å².